The lowest BCUT2D eigenvalue weighted by Gasteiger charge is -2.13. The molecule has 1 aliphatic heterocycles. The molecule has 1 aromatic rings. The summed E-state index contributed by atoms with van der Waals surface area (Å²) >= 11 is 0. The van der Waals surface area contributed by atoms with E-state index in [1.54, 1.807) is 12.2 Å². The molecule has 3 heteroatoms. The summed E-state index contributed by atoms with van der Waals surface area (Å²) in [4.78, 5) is 25.1. The number of imide groups is 1. The van der Waals surface area contributed by atoms with Gasteiger partial charge >= 0.3 is 0 Å². The highest BCUT2D eigenvalue weighted by molar-refractivity contribution is 6.13. The number of amides is 2. The van der Waals surface area contributed by atoms with E-state index < -0.39 is 0 Å². The second kappa shape index (κ2) is 5.45. The number of carbonyl (C=O) groups excluding carboxylic acids is 2. The zero-order valence-corrected chi connectivity index (χ0v) is 10.3. The summed E-state index contributed by atoms with van der Waals surface area (Å²) < 4.78 is 0. The Kier molecular flexibility index (Phi) is 3.72. The van der Waals surface area contributed by atoms with Crippen LogP contribution in [0.4, 0.5) is 0 Å². The topological polar surface area (TPSA) is 37.4 Å². The van der Waals surface area contributed by atoms with Crippen LogP contribution in [-0.2, 0) is 16.1 Å². The Morgan fingerprint density at radius 3 is 2.61 bits per heavy atom. The highest BCUT2D eigenvalue weighted by Crippen LogP contribution is 2.21. The number of hydrogen-bond donors (Lipinski definition) is 0. The van der Waals surface area contributed by atoms with Crippen molar-refractivity contribution in [1.29, 1.82) is 0 Å². The summed E-state index contributed by atoms with van der Waals surface area (Å²) in [7, 11) is 0. The Morgan fingerprint density at radius 1 is 1.22 bits per heavy atom. The van der Waals surface area contributed by atoms with Gasteiger partial charge in [0.2, 0.25) is 5.91 Å². The summed E-state index contributed by atoms with van der Waals surface area (Å²) in [5.41, 5.74) is 1.53. The first-order chi connectivity index (χ1) is 8.72. The van der Waals surface area contributed by atoms with Gasteiger partial charge in [0.25, 0.3) is 5.91 Å². The molecular weight excluding hydrogens is 226 g/mol. The van der Waals surface area contributed by atoms with E-state index in [1.807, 2.05) is 43.3 Å². The largest absolute Gasteiger partial charge is 0.274 e. The number of nitrogens with zero attached hydrogens (tertiary/aromatic N) is 1. The molecule has 0 radical (unpaired) electrons. The van der Waals surface area contributed by atoms with E-state index in [0.717, 1.165) is 5.56 Å². The van der Waals surface area contributed by atoms with Gasteiger partial charge in [-0.25, -0.2) is 0 Å². The van der Waals surface area contributed by atoms with Crippen molar-refractivity contribution in [1.82, 2.24) is 4.90 Å². The minimum atomic E-state index is -0.179. The average molecular weight is 241 g/mol. The number of carbonyl (C=O) groups is 2. The van der Waals surface area contributed by atoms with Gasteiger partial charge in [-0.3, -0.25) is 14.5 Å². The molecule has 0 spiro atoms. The normalized spacial score (nSPS) is 18.3. The van der Waals surface area contributed by atoms with Gasteiger partial charge in [0, 0.05) is 5.57 Å². The summed E-state index contributed by atoms with van der Waals surface area (Å²) in [5, 5.41) is 0. The lowest BCUT2D eigenvalue weighted by Crippen LogP contribution is -2.28. The van der Waals surface area contributed by atoms with Gasteiger partial charge < -0.3 is 0 Å². The van der Waals surface area contributed by atoms with Crippen molar-refractivity contribution in [3.63, 3.8) is 0 Å². The first-order valence-electron chi connectivity index (χ1n) is 5.93. The van der Waals surface area contributed by atoms with Crippen LogP contribution in [0.15, 0.2) is 54.1 Å². The highest BCUT2D eigenvalue weighted by atomic mass is 16.2. The van der Waals surface area contributed by atoms with Crippen LogP contribution in [0.1, 0.15) is 18.9 Å². The predicted molar refractivity (Wildman–Crippen MR) is 69.5 cm³/mol. The fourth-order valence-corrected chi connectivity index (χ4v) is 1.89. The van der Waals surface area contributed by atoms with Crippen molar-refractivity contribution in [3.8, 4) is 0 Å². The minimum absolute atomic E-state index is 0.125. The van der Waals surface area contributed by atoms with E-state index in [2.05, 4.69) is 0 Å². The third-order valence-corrected chi connectivity index (χ3v) is 2.84. The van der Waals surface area contributed by atoms with Gasteiger partial charge in [0.05, 0.1) is 13.0 Å². The number of hydrogen-bond acceptors (Lipinski definition) is 2. The molecule has 0 saturated carbocycles. The molecule has 2 amide bonds. The van der Waals surface area contributed by atoms with Crippen LogP contribution < -0.4 is 0 Å². The highest BCUT2D eigenvalue weighted by Gasteiger charge is 2.33. The molecule has 1 aromatic carbocycles. The summed E-state index contributed by atoms with van der Waals surface area (Å²) in [6, 6.07) is 9.53. The number of likely N-dealkylation sites (tertiary alicyclic amines) is 1. The average Bonchev–Trinajstić information content (AvgIpc) is 2.65. The molecule has 1 fully saturated rings. The molecule has 0 unspecified atom stereocenters. The molecule has 0 aliphatic carbocycles. The van der Waals surface area contributed by atoms with Crippen molar-refractivity contribution in [3.05, 3.63) is 59.7 Å². The Bertz CT molecular complexity index is 515. The van der Waals surface area contributed by atoms with E-state index in [0.29, 0.717) is 12.1 Å². The zero-order valence-electron chi connectivity index (χ0n) is 10.3. The van der Waals surface area contributed by atoms with Crippen molar-refractivity contribution in [2.45, 2.75) is 19.9 Å². The SMILES string of the molecule is CC=CC=C1CC(=O)N(Cc2ccccc2)C1=O. The van der Waals surface area contributed by atoms with Crippen LogP contribution in [0.3, 0.4) is 0 Å². The summed E-state index contributed by atoms with van der Waals surface area (Å²) in [6.45, 7) is 2.23. The molecule has 1 saturated heterocycles. The Hall–Kier alpha value is -2.16. The third kappa shape index (κ3) is 2.56. The van der Waals surface area contributed by atoms with E-state index >= 15 is 0 Å². The second-order valence-corrected chi connectivity index (χ2v) is 4.17. The first-order valence-corrected chi connectivity index (χ1v) is 5.93. The molecule has 0 N–H and O–H groups in total. The van der Waals surface area contributed by atoms with Crippen molar-refractivity contribution in [2.24, 2.45) is 0 Å². The predicted octanol–water partition coefficient (Wildman–Crippen LogP) is 2.45. The monoisotopic (exact) mass is 241 g/mol. The van der Waals surface area contributed by atoms with Gasteiger partial charge in [-0.2, -0.15) is 0 Å². The van der Waals surface area contributed by atoms with Gasteiger partial charge in [-0.15, -0.1) is 0 Å². The van der Waals surface area contributed by atoms with Gasteiger partial charge in [0.15, 0.2) is 0 Å². The standard InChI is InChI=1S/C15H15NO2/c1-2-3-9-13-10-14(17)16(15(13)18)11-12-7-5-4-6-8-12/h2-9H,10-11H2,1H3. The lowest BCUT2D eigenvalue weighted by atomic mass is 10.2. The second-order valence-electron chi connectivity index (χ2n) is 4.17. The maximum absolute atomic E-state index is 12.0. The molecule has 1 heterocycles. The fourth-order valence-electron chi connectivity index (χ4n) is 1.89. The Labute approximate surface area is 106 Å². The van der Waals surface area contributed by atoms with Crippen molar-refractivity contribution >= 4 is 11.8 Å². The Morgan fingerprint density at radius 2 is 1.94 bits per heavy atom. The van der Waals surface area contributed by atoms with E-state index in [1.165, 1.54) is 4.90 Å². The van der Waals surface area contributed by atoms with Crippen LogP contribution in [0.5, 0.6) is 0 Å². The Balaban J connectivity index is 2.15. The quantitative estimate of drug-likeness (QED) is 0.602. The molecule has 1 aliphatic rings. The molecule has 0 bridgehead atoms. The minimum Gasteiger partial charge on any atom is -0.274 e. The fraction of sp³-hybridized carbons (Fsp3) is 0.200. The van der Waals surface area contributed by atoms with E-state index in [9.17, 15) is 9.59 Å². The maximum Gasteiger partial charge on any atom is 0.257 e. The molecule has 0 atom stereocenters. The van der Waals surface area contributed by atoms with Gasteiger partial charge in [0.1, 0.15) is 0 Å². The van der Waals surface area contributed by atoms with Gasteiger partial charge in [-0.1, -0.05) is 48.6 Å². The van der Waals surface area contributed by atoms with Crippen LogP contribution in [0, 0.1) is 0 Å². The van der Waals surface area contributed by atoms with Crippen molar-refractivity contribution < 1.29 is 9.59 Å². The molecular formula is C15H15NO2. The van der Waals surface area contributed by atoms with Crippen LogP contribution in [-0.4, -0.2) is 16.7 Å². The lowest BCUT2D eigenvalue weighted by molar-refractivity contribution is -0.138. The molecule has 92 valence electrons. The summed E-state index contributed by atoms with van der Waals surface area (Å²) in [5.74, 6) is -0.304. The zero-order chi connectivity index (χ0) is 13.0. The van der Waals surface area contributed by atoms with Crippen LogP contribution in [0.25, 0.3) is 0 Å². The molecule has 0 aromatic heterocycles. The van der Waals surface area contributed by atoms with Gasteiger partial charge in [-0.05, 0) is 12.5 Å². The maximum atomic E-state index is 12.0. The molecule has 18 heavy (non-hydrogen) atoms. The van der Waals surface area contributed by atoms with Crippen molar-refractivity contribution in [2.75, 3.05) is 0 Å². The first kappa shape index (κ1) is 12.3. The third-order valence-electron chi connectivity index (χ3n) is 2.84. The number of rotatable bonds is 3. The number of allylic oxidation sites excluding steroid dienone is 3. The molecule has 3 nitrogen and oxygen atoms in total. The smallest absolute Gasteiger partial charge is 0.257 e. The molecule has 2 rings (SSSR count). The number of benzene rings is 1. The van der Waals surface area contributed by atoms with Crippen LogP contribution in [0.2, 0.25) is 0 Å². The van der Waals surface area contributed by atoms with E-state index in [-0.39, 0.29) is 18.2 Å². The van der Waals surface area contributed by atoms with E-state index in [4.69, 9.17) is 0 Å². The van der Waals surface area contributed by atoms with Crippen LogP contribution >= 0.6 is 0 Å². The summed E-state index contributed by atoms with van der Waals surface area (Å²) in [6.07, 6.45) is 5.54.